The first-order valence-electron chi connectivity index (χ1n) is 8.98. The lowest BCUT2D eigenvalue weighted by Crippen LogP contribution is -2.38. The second-order valence-electron chi connectivity index (χ2n) is 7.28. The van der Waals surface area contributed by atoms with Crippen LogP contribution in [0.15, 0.2) is 30.6 Å². The quantitative estimate of drug-likeness (QED) is 0.753. The molecule has 0 saturated carbocycles. The van der Waals surface area contributed by atoms with Crippen LogP contribution in [-0.4, -0.2) is 40.3 Å². The van der Waals surface area contributed by atoms with E-state index in [4.69, 9.17) is 9.47 Å². The van der Waals surface area contributed by atoms with E-state index in [2.05, 4.69) is 15.3 Å². The van der Waals surface area contributed by atoms with Crippen molar-refractivity contribution >= 4 is 12.1 Å². The molecule has 0 unspecified atom stereocenters. The molecule has 0 radical (unpaired) electrons. The van der Waals surface area contributed by atoms with Crippen molar-refractivity contribution in [3.8, 4) is 11.3 Å². The Morgan fingerprint density at radius 1 is 1.26 bits per heavy atom. The molecule has 1 amide bonds. The molecular weight excluding hydrogens is 346 g/mol. The monoisotopic (exact) mass is 373 g/mol. The van der Waals surface area contributed by atoms with Gasteiger partial charge in [-0.25, -0.2) is 9.59 Å². The number of nitrogens with one attached hydrogen (secondary N) is 2. The molecule has 146 valence electrons. The Labute approximate surface area is 159 Å². The highest BCUT2D eigenvalue weighted by Gasteiger charge is 2.22. The Morgan fingerprint density at radius 3 is 2.52 bits per heavy atom. The molecule has 0 aliphatic rings. The van der Waals surface area contributed by atoms with Crippen LogP contribution in [0, 0.1) is 0 Å². The Balaban J connectivity index is 2.19. The number of rotatable bonds is 6. The zero-order valence-corrected chi connectivity index (χ0v) is 16.5. The van der Waals surface area contributed by atoms with Gasteiger partial charge in [-0.1, -0.05) is 0 Å². The van der Waals surface area contributed by atoms with Gasteiger partial charge in [-0.2, -0.15) is 0 Å². The van der Waals surface area contributed by atoms with Gasteiger partial charge in [0, 0.05) is 41.8 Å². The highest BCUT2D eigenvalue weighted by Crippen LogP contribution is 2.23. The van der Waals surface area contributed by atoms with Gasteiger partial charge in [-0.15, -0.1) is 0 Å². The standard InChI is InChI=1S/C20H27N3O4/c1-6-26-18(24)15-12-16(14-7-9-21-10-8-14)23-17(15)11-13(2)22-19(25)27-20(3,4)5/h7-10,12-13,23H,6,11H2,1-5H3,(H,22,25)/t13-/m0/s1. The fraction of sp³-hybridized carbons (Fsp3) is 0.450. The molecule has 0 spiro atoms. The molecule has 2 aromatic rings. The molecule has 2 rings (SSSR count). The highest BCUT2D eigenvalue weighted by molar-refractivity contribution is 5.92. The fourth-order valence-corrected chi connectivity index (χ4v) is 2.60. The summed E-state index contributed by atoms with van der Waals surface area (Å²) in [7, 11) is 0. The number of H-pyrrole nitrogens is 1. The minimum atomic E-state index is -0.569. The van der Waals surface area contributed by atoms with Crippen molar-refractivity contribution < 1.29 is 19.1 Å². The molecule has 2 heterocycles. The zero-order valence-electron chi connectivity index (χ0n) is 16.5. The zero-order chi connectivity index (χ0) is 20.0. The first-order valence-corrected chi connectivity index (χ1v) is 8.98. The van der Waals surface area contributed by atoms with Gasteiger partial charge in [0.05, 0.1) is 12.2 Å². The summed E-state index contributed by atoms with van der Waals surface area (Å²) in [4.78, 5) is 31.6. The predicted molar refractivity (Wildman–Crippen MR) is 103 cm³/mol. The Kier molecular flexibility index (Phi) is 6.60. The van der Waals surface area contributed by atoms with Crippen molar-refractivity contribution in [3.63, 3.8) is 0 Å². The van der Waals surface area contributed by atoms with E-state index in [1.54, 1.807) is 25.4 Å². The molecule has 0 bridgehead atoms. The van der Waals surface area contributed by atoms with Gasteiger partial charge in [0.2, 0.25) is 0 Å². The molecule has 1 atom stereocenters. The molecule has 0 aliphatic heterocycles. The summed E-state index contributed by atoms with van der Waals surface area (Å²) in [6.45, 7) is 9.33. The predicted octanol–water partition coefficient (Wildman–Crippen LogP) is 3.71. The van der Waals surface area contributed by atoms with Crippen LogP contribution < -0.4 is 5.32 Å². The van der Waals surface area contributed by atoms with E-state index >= 15 is 0 Å². The molecule has 27 heavy (non-hydrogen) atoms. The number of amides is 1. The summed E-state index contributed by atoms with van der Waals surface area (Å²) in [5.74, 6) is -0.395. The van der Waals surface area contributed by atoms with E-state index in [0.717, 1.165) is 11.3 Å². The van der Waals surface area contributed by atoms with E-state index in [-0.39, 0.29) is 6.04 Å². The number of esters is 1. The number of aromatic amines is 1. The van der Waals surface area contributed by atoms with Crippen molar-refractivity contribution in [2.45, 2.75) is 52.7 Å². The minimum Gasteiger partial charge on any atom is -0.462 e. The van der Waals surface area contributed by atoms with Crippen LogP contribution in [0.25, 0.3) is 11.3 Å². The van der Waals surface area contributed by atoms with E-state index in [1.807, 2.05) is 39.8 Å². The summed E-state index contributed by atoms with van der Waals surface area (Å²) in [6, 6.07) is 5.24. The molecule has 7 nitrogen and oxygen atoms in total. The first kappa shape index (κ1) is 20.5. The average molecular weight is 373 g/mol. The summed E-state index contributed by atoms with van der Waals surface area (Å²) >= 11 is 0. The number of hydrogen-bond donors (Lipinski definition) is 2. The first-order chi connectivity index (χ1) is 12.7. The lowest BCUT2D eigenvalue weighted by Gasteiger charge is -2.22. The Hall–Kier alpha value is -2.83. The minimum absolute atomic E-state index is 0.239. The molecule has 0 fully saturated rings. The van der Waals surface area contributed by atoms with E-state index in [0.29, 0.717) is 24.3 Å². The van der Waals surface area contributed by atoms with Crippen LogP contribution in [0.4, 0.5) is 4.79 Å². The third-order valence-corrected chi connectivity index (χ3v) is 3.66. The smallest absolute Gasteiger partial charge is 0.407 e. The largest absolute Gasteiger partial charge is 0.462 e. The number of hydrogen-bond acceptors (Lipinski definition) is 5. The fourth-order valence-electron chi connectivity index (χ4n) is 2.60. The van der Waals surface area contributed by atoms with Gasteiger partial charge < -0.3 is 19.8 Å². The molecule has 0 aromatic carbocycles. The van der Waals surface area contributed by atoms with Gasteiger partial charge in [-0.05, 0) is 52.8 Å². The summed E-state index contributed by atoms with van der Waals surface area (Å²) < 4.78 is 10.4. The van der Waals surface area contributed by atoms with Crippen LogP contribution >= 0.6 is 0 Å². The Morgan fingerprint density at radius 2 is 1.93 bits per heavy atom. The molecule has 2 aromatic heterocycles. The number of nitrogens with zero attached hydrogens (tertiary/aromatic N) is 1. The molecule has 7 heteroatoms. The summed E-state index contributed by atoms with van der Waals surface area (Å²) in [6.07, 6.45) is 3.31. The number of aromatic nitrogens is 2. The molecule has 0 saturated heterocycles. The van der Waals surface area contributed by atoms with Crippen LogP contribution in [0.2, 0.25) is 0 Å². The molecule has 2 N–H and O–H groups in total. The van der Waals surface area contributed by atoms with Crippen LogP contribution in [0.1, 0.15) is 50.7 Å². The maximum absolute atomic E-state index is 12.3. The SMILES string of the molecule is CCOC(=O)c1cc(-c2ccncc2)[nH]c1C[C@H](C)NC(=O)OC(C)(C)C. The van der Waals surface area contributed by atoms with Crippen LogP contribution in [0.3, 0.4) is 0 Å². The lowest BCUT2D eigenvalue weighted by atomic mass is 10.1. The number of carbonyl (C=O) groups is 2. The third kappa shape index (κ3) is 6.13. The number of pyridine rings is 1. The highest BCUT2D eigenvalue weighted by atomic mass is 16.6. The normalized spacial score (nSPS) is 12.3. The van der Waals surface area contributed by atoms with Crippen LogP contribution in [-0.2, 0) is 15.9 Å². The maximum atomic E-state index is 12.3. The van der Waals surface area contributed by atoms with E-state index in [9.17, 15) is 9.59 Å². The summed E-state index contributed by atoms with van der Waals surface area (Å²) in [5.41, 5.74) is 2.29. The van der Waals surface area contributed by atoms with Gasteiger partial charge in [0.1, 0.15) is 5.60 Å². The van der Waals surface area contributed by atoms with Crippen molar-refractivity contribution in [1.29, 1.82) is 0 Å². The van der Waals surface area contributed by atoms with Gasteiger partial charge >= 0.3 is 12.1 Å². The number of alkyl carbamates (subject to hydrolysis) is 1. The Bertz CT molecular complexity index is 778. The maximum Gasteiger partial charge on any atom is 0.407 e. The van der Waals surface area contributed by atoms with Crippen molar-refractivity contribution in [1.82, 2.24) is 15.3 Å². The van der Waals surface area contributed by atoms with E-state index in [1.165, 1.54) is 0 Å². The average Bonchev–Trinajstić information content (AvgIpc) is 2.97. The summed E-state index contributed by atoms with van der Waals surface area (Å²) in [5, 5.41) is 2.79. The molecular formula is C20H27N3O4. The van der Waals surface area contributed by atoms with Crippen LogP contribution in [0.5, 0.6) is 0 Å². The van der Waals surface area contributed by atoms with E-state index < -0.39 is 17.7 Å². The van der Waals surface area contributed by atoms with Crippen molar-refractivity contribution in [3.05, 3.63) is 41.9 Å². The number of ether oxygens (including phenoxy) is 2. The third-order valence-electron chi connectivity index (χ3n) is 3.66. The van der Waals surface area contributed by atoms with Gasteiger partial charge in [0.25, 0.3) is 0 Å². The lowest BCUT2D eigenvalue weighted by molar-refractivity contribution is 0.0507. The molecule has 0 aliphatic carbocycles. The van der Waals surface area contributed by atoms with Crippen molar-refractivity contribution in [2.75, 3.05) is 6.61 Å². The van der Waals surface area contributed by atoms with Gasteiger partial charge in [-0.3, -0.25) is 4.98 Å². The second kappa shape index (κ2) is 8.70. The van der Waals surface area contributed by atoms with Crippen molar-refractivity contribution in [2.24, 2.45) is 0 Å². The number of carbonyl (C=O) groups excluding carboxylic acids is 2. The second-order valence-corrected chi connectivity index (χ2v) is 7.28. The topological polar surface area (TPSA) is 93.3 Å². The van der Waals surface area contributed by atoms with Gasteiger partial charge in [0.15, 0.2) is 0 Å².